The first-order valence-corrected chi connectivity index (χ1v) is 5.17. The highest BCUT2D eigenvalue weighted by molar-refractivity contribution is 9.09. The lowest BCUT2D eigenvalue weighted by molar-refractivity contribution is 1.14. The third-order valence-corrected chi connectivity index (χ3v) is 2.64. The number of aromatic nitrogens is 1. The van der Waals surface area contributed by atoms with E-state index in [1.165, 1.54) is 16.3 Å². The fourth-order valence-electron chi connectivity index (χ4n) is 1.48. The monoisotopic (exact) mass is 235 g/mol. The molecule has 1 atom stereocenters. The van der Waals surface area contributed by atoms with E-state index in [0.717, 1.165) is 0 Å². The Bertz CT molecular complexity index is 418. The molecule has 13 heavy (non-hydrogen) atoms. The Kier molecular flexibility index (Phi) is 2.32. The minimum atomic E-state index is 0.375. The van der Waals surface area contributed by atoms with Crippen LogP contribution in [0.2, 0.25) is 0 Å². The lowest BCUT2D eigenvalue weighted by Crippen LogP contribution is -1.86. The zero-order valence-electron chi connectivity index (χ0n) is 7.37. The van der Waals surface area contributed by atoms with E-state index in [0.29, 0.717) is 4.83 Å². The smallest absolute Gasteiger partial charge is 0.0373 e. The Hall–Kier alpha value is -0.890. The van der Waals surface area contributed by atoms with E-state index in [-0.39, 0.29) is 0 Å². The van der Waals surface area contributed by atoms with Gasteiger partial charge in [-0.3, -0.25) is 4.98 Å². The SMILES string of the molecule is CC(Br)c1cccc2ccncc12. The number of pyridine rings is 1. The number of hydrogen-bond acceptors (Lipinski definition) is 1. The van der Waals surface area contributed by atoms with Crippen LogP contribution in [0.4, 0.5) is 0 Å². The van der Waals surface area contributed by atoms with Crippen molar-refractivity contribution in [2.45, 2.75) is 11.8 Å². The Morgan fingerprint density at radius 2 is 2.15 bits per heavy atom. The molecule has 1 aromatic heterocycles. The number of nitrogens with zero attached hydrogens (tertiary/aromatic N) is 1. The summed E-state index contributed by atoms with van der Waals surface area (Å²) in [6, 6.07) is 8.35. The summed E-state index contributed by atoms with van der Waals surface area (Å²) < 4.78 is 0. The molecule has 2 rings (SSSR count). The average Bonchev–Trinajstić information content (AvgIpc) is 2.17. The largest absolute Gasteiger partial charge is 0.264 e. The fourth-order valence-corrected chi connectivity index (χ4v) is 1.88. The first-order chi connectivity index (χ1) is 6.29. The number of alkyl halides is 1. The van der Waals surface area contributed by atoms with Crippen LogP contribution in [0.1, 0.15) is 17.3 Å². The van der Waals surface area contributed by atoms with Crippen molar-refractivity contribution in [2.24, 2.45) is 0 Å². The Morgan fingerprint density at radius 3 is 2.92 bits per heavy atom. The van der Waals surface area contributed by atoms with Crippen LogP contribution in [0, 0.1) is 0 Å². The zero-order valence-corrected chi connectivity index (χ0v) is 8.95. The molecule has 0 spiro atoms. The lowest BCUT2D eigenvalue weighted by atomic mass is 10.1. The van der Waals surface area contributed by atoms with E-state index < -0.39 is 0 Å². The van der Waals surface area contributed by atoms with Gasteiger partial charge in [0.25, 0.3) is 0 Å². The van der Waals surface area contributed by atoms with E-state index >= 15 is 0 Å². The van der Waals surface area contributed by atoms with Crippen LogP contribution in [0.25, 0.3) is 10.8 Å². The molecule has 2 aromatic rings. The highest BCUT2D eigenvalue weighted by atomic mass is 79.9. The Balaban J connectivity index is 2.76. The molecule has 0 fully saturated rings. The molecule has 0 amide bonds. The fraction of sp³-hybridized carbons (Fsp3) is 0.182. The van der Waals surface area contributed by atoms with Crippen molar-refractivity contribution in [3.8, 4) is 0 Å². The van der Waals surface area contributed by atoms with Gasteiger partial charge in [0, 0.05) is 22.6 Å². The Morgan fingerprint density at radius 1 is 1.31 bits per heavy atom. The molecule has 66 valence electrons. The predicted octanol–water partition coefficient (Wildman–Crippen LogP) is 3.69. The summed E-state index contributed by atoms with van der Waals surface area (Å²) in [7, 11) is 0. The van der Waals surface area contributed by atoms with E-state index in [4.69, 9.17) is 0 Å². The molecule has 0 saturated carbocycles. The third kappa shape index (κ3) is 1.59. The van der Waals surface area contributed by atoms with Gasteiger partial charge in [0.15, 0.2) is 0 Å². The molecular formula is C11H10BrN. The standard InChI is InChI=1S/C11H10BrN/c1-8(12)10-4-2-3-9-5-6-13-7-11(9)10/h2-8H,1H3. The number of hydrogen-bond donors (Lipinski definition) is 0. The maximum absolute atomic E-state index is 4.14. The van der Waals surface area contributed by atoms with E-state index in [9.17, 15) is 0 Å². The average molecular weight is 236 g/mol. The molecule has 0 bridgehead atoms. The Labute approximate surface area is 85.9 Å². The molecule has 0 aliphatic heterocycles. The maximum atomic E-state index is 4.14. The van der Waals surface area contributed by atoms with E-state index in [2.05, 4.69) is 46.0 Å². The second-order valence-corrected chi connectivity index (χ2v) is 4.43. The molecule has 1 heterocycles. The van der Waals surface area contributed by atoms with Gasteiger partial charge in [-0.15, -0.1) is 0 Å². The predicted molar refractivity (Wildman–Crippen MR) is 59.1 cm³/mol. The van der Waals surface area contributed by atoms with Gasteiger partial charge in [-0.2, -0.15) is 0 Å². The van der Waals surface area contributed by atoms with Gasteiger partial charge < -0.3 is 0 Å². The first kappa shape index (κ1) is 8.70. The van der Waals surface area contributed by atoms with Crippen LogP contribution in [-0.2, 0) is 0 Å². The van der Waals surface area contributed by atoms with Crippen molar-refractivity contribution in [1.29, 1.82) is 0 Å². The van der Waals surface area contributed by atoms with Crippen LogP contribution in [0.3, 0.4) is 0 Å². The first-order valence-electron chi connectivity index (χ1n) is 4.26. The van der Waals surface area contributed by atoms with Gasteiger partial charge in [0.05, 0.1) is 0 Å². The van der Waals surface area contributed by atoms with Crippen LogP contribution in [-0.4, -0.2) is 4.98 Å². The molecule has 0 aliphatic rings. The summed E-state index contributed by atoms with van der Waals surface area (Å²) in [5.74, 6) is 0. The van der Waals surface area contributed by atoms with Gasteiger partial charge in [0.1, 0.15) is 0 Å². The number of rotatable bonds is 1. The lowest BCUT2D eigenvalue weighted by Gasteiger charge is -2.07. The second kappa shape index (κ2) is 3.46. The molecule has 1 unspecified atom stereocenters. The molecular weight excluding hydrogens is 226 g/mol. The van der Waals surface area contributed by atoms with Crippen molar-refractivity contribution in [3.63, 3.8) is 0 Å². The minimum Gasteiger partial charge on any atom is -0.264 e. The molecule has 1 nitrogen and oxygen atoms in total. The third-order valence-electron chi connectivity index (χ3n) is 2.15. The molecule has 0 saturated heterocycles. The summed E-state index contributed by atoms with van der Waals surface area (Å²) in [4.78, 5) is 4.51. The van der Waals surface area contributed by atoms with Crippen molar-refractivity contribution >= 4 is 26.7 Å². The summed E-state index contributed by atoms with van der Waals surface area (Å²) >= 11 is 3.58. The van der Waals surface area contributed by atoms with Crippen molar-refractivity contribution in [2.75, 3.05) is 0 Å². The highest BCUT2D eigenvalue weighted by Gasteiger charge is 2.04. The highest BCUT2D eigenvalue weighted by Crippen LogP contribution is 2.28. The van der Waals surface area contributed by atoms with E-state index in [1.807, 2.05) is 18.5 Å². The van der Waals surface area contributed by atoms with Crippen molar-refractivity contribution < 1.29 is 0 Å². The minimum absolute atomic E-state index is 0.375. The van der Waals surface area contributed by atoms with Crippen LogP contribution in [0.5, 0.6) is 0 Å². The molecule has 0 N–H and O–H groups in total. The second-order valence-electron chi connectivity index (χ2n) is 3.06. The van der Waals surface area contributed by atoms with Gasteiger partial charge in [-0.1, -0.05) is 34.1 Å². The number of fused-ring (bicyclic) bond motifs is 1. The quantitative estimate of drug-likeness (QED) is 0.688. The summed E-state index contributed by atoms with van der Waals surface area (Å²) in [6.07, 6.45) is 3.74. The van der Waals surface area contributed by atoms with Crippen LogP contribution in [0.15, 0.2) is 36.7 Å². The number of halogens is 1. The van der Waals surface area contributed by atoms with Gasteiger partial charge in [-0.05, 0) is 23.9 Å². The maximum Gasteiger partial charge on any atom is 0.0373 e. The molecule has 2 heteroatoms. The summed E-state index contributed by atoms with van der Waals surface area (Å²) in [5.41, 5.74) is 1.30. The molecule has 1 aromatic carbocycles. The van der Waals surface area contributed by atoms with Crippen LogP contribution < -0.4 is 0 Å². The topological polar surface area (TPSA) is 12.9 Å². The van der Waals surface area contributed by atoms with Gasteiger partial charge >= 0.3 is 0 Å². The van der Waals surface area contributed by atoms with Crippen molar-refractivity contribution in [3.05, 3.63) is 42.2 Å². The number of benzene rings is 1. The van der Waals surface area contributed by atoms with Crippen molar-refractivity contribution in [1.82, 2.24) is 4.98 Å². The summed E-state index contributed by atoms with van der Waals surface area (Å²) in [6.45, 7) is 2.13. The molecule has 0 radical (unpaired) electrons. The van der Waals surface area contributed by atoms with E-state index in [1.54, 1.807) is 0 Å². The van der Waals surface area contributed by atoms with Crippen LogP contribution >= 0.6 is 15.9 Å². The van der Waals surface area contributed by atoms with Gasteiger partial charge in [0.2, 0.25) is 0 Å². The molecule has 0 aliphatic carbocycles. The summed E-state index contributed by atoms with van der Waals surface area (Å²) in [5, 5.41) is 2.48. The van der Waals surface area contributed by atoms with Gasteiger partial charge in [-0.25, -0.2) is 0 Å². The zero-order chi connectivity index (χ0) is 9.26. The normalized spacial score (nSPS) is 13.1.